The number of nitrogen functional groups attached to an aromatic ring is 2. The minimum absolute atomic E-state index is 0.811. The van der Waals surface area contributed by atoms with Gasteiger partial charge in [0.1, 0.15) is 11.4 Å². The fraction of sp³-hybridized carbons (Fsp3) is 0.333. The van der Waals surface area contributed by atoms with Crippen molar-refractivity contribution in [2.24, 2.45) is 0 Å². The monoisotopic (exact) mass is 398 g/mol. The lowest BCUT2D eigenvalue weighted by Crippen LogP contribution is -2.34. The van der Waals surface area contributed by atoms with E-state index in [1.54, 1.807) is 0 Å². The van der Waals surface area contributed by atoms with Gasteiger partial charge in [0, 0.05) is 33.9 Å². The molecule has 0 amide bonds. The van der Waals surface area contributed by atoms with Crippen LogP contribution in [-0.2, 0) is 10.4 Å². The number of anilines is 2. The fourth-order valence-electron chi connectivity index (χ4n) is 1.88. The smallest absolute Gasteiger partial charge is 0.134 e. The number of rotatable bonds is 2. The molecule has 0 aliphatic heterocycles. The van der Waals surface area contributed by atoms with Crippen LogP contribution in [0.2, 0.25) is 0 Å². The molecule has 0 atom stereocenters. The lowest BCUT2D eigenvalue weighted by molar-refractivity contribution is 0.352. The molecular formula is C18H30N4O4S. The molecule has 0 bridgehead atoms. The topological polar surface area (TPSA) is 132 Å². The second kappa shape index (κ2) is 9.67. The van der Waals surface area contributed by atoms with Gasteiger partial charge >= 0.3 is 0 Å². The number of nitrogens with zero attached hydrogens (tertiary/aromatic N) is 2. The van der Waals surface area contributed by atoms with E-state index in [9.17, 15) is 0 Å². The zero-order valence-corrected chi connectivity index (χ0v) is 17.5. The Morgan fingerprint density at radius 1 is 0.704 bits per heavy atom. The Labute approximate surface area is 162 Å². The highest BCUT2D eigenvalue weighted by Crippen LogP contribution is 2.19. The second-order valence-corrected chi connectivity index (χ2v) is 8.44. The van der Waals surface area contributed by atoms with Gasteiger partial charge in [-0.2, -0.15) is 0 Å². The summed E-state index contributed by atoms with van der Waals surface area (Å²) in [6.45, 7) is 0. The summed E-state index contributed by atoms with van der Waals surface area (Å²) in [6, 6.07) is 15.9. The first-order valence-electron chi connectivity index (χ1n) is 8.02. The van der Waals surface area contributed by atoms with Crippen LogP contribution >= 0.6 is 0 Å². The van der Waals surface area contributed by atoms with E-state index in [0.717, 1.165) is 20.3 Å². The van der Waals surface area contributed by atoms with Crippen molar-refractivity contribution < 1.29 is 17.5 Å². The Balaban J connectivity index is 0.000000405. The van der Waals surface area contributed by atoms with Gasteiger partial charge in [-0.3, -0.25) is 17.4 Å². The van der Waals surface area contributed by atoms with Gasteiger partial charge in [0.15, 0.2) is 0 Å². The first-order valence-corrected chi connectivity index (χ1v) is 9.35. The van der Waals surface area contributed by atoms with Crippen molar-refractivity contribution in [1.29, 1.82) is 0 Å². The quantitative estimate of drug-likeness (QED) is 0.342. The molecule has 2 rings (SSSR count). The number of nitrogens with two attached hydrogens (primary N) is 2. The molecular weight excluding hydrogens is 368 g/mol. The van der Waals surface area contributed by atoms with Crippen molar-refractivity contribution in [3.05, 3.63) is 48.5 Å². The summed E-state index contributed by atoms with van der Waals surface area (Å²) >= 11 is 0. The molecule has 0 aromatic heterocycles. The van der Waals surface area contributed by atoms with E-state index < -0.39 is 10.4 Å². The van der Waals surface area contributed by atoms with Gasteiger partial charge in [0.2, 0.25) is 0 Å². The Morgan fingerprint density at radius 3 is 1.11 bits per heavy atom. The average Bonchev–Trinajstić information content (AvgIpc) is 2.44. The van der Waals surface area contributed by atoms with Crippen LogP contribution in [0.15, 0.2) is 48.5 Å². The molecule has 152 valence electrons. The van der Waals surface area contributed by atoms with Crippen LogP contribution in [0, 0.1) is 0 Å². The molecule has 4 N–H and O–H groups in total. The highest BCUT2D eigenvalue weighted by Gasteiger charge is 2.11. The normalized spacial score (nSPS) is 11.6. The summed E-state index contributed by atoms with van der Waals surface area (Å²) in [5, 5.41) is 0. The molecule has 0 heterocycles. The maximum atomic E-state index is 8.52. The van der Waals surface area contributed by atoms with Gasteiger partial charge in [-0.05, 0) is 24.3 Å². The average molecular weight is 399 g/mol. The summed E-state index contributed by atoms with van der Waals surface area (Å²) in [4.78, 5) is 0. The maximum absolute atomic E-state index is 8.52. The Kier molecular flexibility index (Phi) is 8.90. The van der Waals surface area contributed by atoms with E-state index in [1.807, 2.05) is 36.4 Å². The van der Waals surface area contributed by atoms with Crippen molar-refractivity contribution in [1.82, 2.24) is 8.97 Å². The summed E-state index contributed by atoms with van der Waals surface area (Å²) in [7, 11) is 7.55. The number of hydrogen-bond acceptors (Lipinski definition) is 6. The van der Waals surface area contributed by atoms with Crippen LogP contribution in [-0.4, -0.2) is 59.8 Å². The molecule has 27 heavy (non-hydrogen) atoms. The van der Waals surface area contributed by atoms with Gasteiger partial charge in [0.25, 0.3) is 0 Å². The van der Waals surface area contributed by atoms with E-state index in [2.05, 4.69) is 54.4 Å². The molecule has 2 aromatic rings. The second-order valence-electron chi connectivity index (χ2n) is 7.62. The first-order chi connectivity index (χ1) is 12.0. The van der Waals surface area contributed by atoms with Gasteiger partial charge in [-0.15, -0.1) is 0 Å². The van der Waals surface area contributed by atoms with Crippen LogP contribution < -0.4 is 20.4 Å². The summed E-state index contributed by atoms with van der Waals surface area (Å²) in [6.07, 6.45) is 0. The van der Waals surface area contributed by atoms with Crippen LogP contribution in [0.1, 0.15) is 0 Å². The summed E-state index contributed by atoms with van der Waals surface area (Å²) in [5.41, 5.74) is 15.4. The molecule has 0 spiro atoms. The Hall–Kier alpha value is -2.17. The summed E-state index contributed by atoms with van der Waals surface area (Å²) < 4.78 is 35.7. The zero-order valence-electron chi connectivity index (χ0n) is 16.7. The van der Waals surface area contributed by atoms with Crippen LogP contribution in [0.25, 0.3) is 0 Å². The van der Waals surface area contributed by atoms with Crippen molar-refractivity contribution in [2.45, 2.75) is 0 Å². The minimum atomic E-state index is -5.17. The standard InChI is InChI=1S/2C9H15N2.H2O4S/c2*1-11(2,3)9-6-4-5-8(10)7-9;1-5(2,3)4/h2*4-7H,10H2,1-3H3;(H2,1,2,3,4)/q2*+1;/p-2. The molecule has 0 fully saturated rings. The lowest BCUT2D eigenvalue weighted by atomic mass is 10.2. The predicted molar refractivity (Wildman–Crippen MR) is 111 cm³/mol. The first kappa shape index (κ1) is 24.8. The van der Waals surface area contributed by atoms with E-state index in [1.165, 1.54) is 11.4 Å². The van der Waals surface area contributed by atoms with Crippen LogP contribution in [0.3, 0.4) is 0 Å². The molecule has 2 aromatic carbocycles. The fourth-order valence-corrected chi connectivity index (χ4v) is 1.88. The number of hydrogen-bond donors (Lipinski definition) is 2. The predicted octanol–water partition coefficient (Wildman–Crippen LogP) is 1.59. The molecule has 0 aliphatic rings. The van der Waals surface area contributed by atoms with Gasteiger partial charge < -0.3 is 20.6 Å². The molecule has 0 aliphatic carbocycles. The van der Waals surface area contributed by atoms with Crippen molar-refractivity contribution >= 4 is 33.1 Å². The van der Waals surface area contributed by atoms with Gasteiger partial charge in [-0.1, -0.05) is 12.1 Å². The van der Waals surface area contributed by atoms with Crippen LogP contribution in [0.5, 0.6) is 0 Å². The summed E-state index contributed by atoms with van der Waals surface area (Å²) in [5.74, 6) is 0. The number of benzene rings is 2. The Morgan fingerprint density at radius 2 is 0.963 bits per heavy atom. The van der Waals surface area contributed by atoms with Gasteiger partial charge in [-0.25, -0.2) is 0 Å². The highest BCUT2D eigenvalue weighted by atomic mass is 32.3. The van der Waals surface area contributed by atoms with Gasteiger partial charge in [0.05, 0.1) is 42.3 Å². The lowest BCUT2D eigenvalue weighted by Gasteiger charge is -2.23. The van der Waals surface area contributed by atoms with Crippen molar-refractivity contribution in [3.8, 4) is 0 Å². The minimum Gasteiger partial charge on any atom is -0.759 e. The third kappa shape index (κ3) is 12.8. The largest absolute Gasteiger partial charge is 0.759 e. The third-order valence-corrected chi connectivity index (χ3v) is 3.29. The van der Waals surface area contributed by atoms with E-state index in [0.29, 0.717) is 0 Å². The van der Waals surface area contributed by atoms with Crippen molar-refractivity contribution in [3.63, 3.8) is 0 Å². The van der Waals surface area contributed by atoms with E-state index >= 15 is 0 Å². The third-order valence-electron chi connectivity index (χ3n) is 3.29. The molecule has 0 saturated heterocycles. The maximum Gasteiger partial charge on any atom is 0.134 e. The highest BCUT2D eigenvalue weighted by molar-refractivity contribution is 7.79. The molecule has 0 radical (unpaired) electrons. The van der Waals surface area contributed by atoms with Crippen LogP contribution in [0.4, 0.5) is 22.7 Å². The Bertz CT molecular complexity index is 762. The molecule has 0 saturated carbocycles. The number of quaternary nitrogens is 2. The molecule has 9 heteroatoms. The van der Waals surface area contributed by atoms with E-state index in [4.69, 9.17) is 29.0 Å². The van der Waals surface area contributed by atoms with E-state index in [-0.39, 0.29) is 0 Å². The van der Waals surface area contributed by atoms with Crippen molar-refractivity contribution in [2.75, 3.05) is 53.8 Å². The molecule has 8 nitrogen and oxygen atoms in total. The molecule has 0 unspecified atom stereocenters. The zero-order chi connectivity index (χ0) is 21.5. The SMILES string of the molecule is C[N+](C)(C)c1cccc(N)c1.C[N+](C)(C)c1cccc(N)c1.O=S(=O)([O-])[O-].